The molecule has 4 saturated carbocycles. The minimum atomic E-state index is 0.187. The number of hydrogen-bond acceptors (Lipinski definition) is 2. The summed E-state index contributed by atoms with van der Waals surface area (Å²) in [6.07, 6.45) is 8.79. The van der Waals surface area contributed by atoms with Crippen molar-refractivity contribution < 1.29 is 4.79 Å². The van der Waals surface area contributed by atoms with Gasteiger partial charge in [-0.2, -0.15) is 5.10 Å². The zero-order valence-electron chi connectivity index (χ0n) is 17.1. The number of aromatic nitrogens is 2. The van der Waals surface area contributed by atoms with Gasteiger partial charge in [0.1, 0.15) is 0 Å². The molecule has 6 rings (SSSR count). The molecule has 0 atom stereocenters. The normalized spacial score (nSPS) is 30.6. The molecule has 2 aromatic rings. The number of nitrogens with one attached hydrogen (secondary N) is 1. The molecule has 1 amide bonds. The molecule has 1 aromatic heterocycles. The van der Waals surface area contributed by atoms with Gasteiger partial charge in [0.05, 0.1) is 23.6 Å². The smallest absolute Gasteiger partial charge is 0.225 e. The average Bonchev–Trinajstić information content (AvgIpc) is 2.88. The maximum Gasteiger partial charge on any atom is 0.225 e. The number of carbonyl (C=O) groups is 1. The van der Waals surface area contributed by atoms with Crippen molar-refractivity contribution in [2.24, 2.45) is 23.2 Å². The molecule has 4 fully saturated rings. The van der Waals surface area contributed by atoms with Crippen molar-refractivity contribution in [3.8, 4) is 0 Å². The fraction of sp³-hybridized carbons (Fsp3) is 0.583. The molecule has 0 aliphatic heterocycles. The minimum absolute atomic E-state index is 0.187. The van der Waals surface area contributed by atoms with Gasteiger partial charge in [0, 0.05) is 6.42 Å². The van der Waals surface area contributed by atoms with Crippen molar-refractivity contribution in [1.29, 1.82) is 0 Å². The van der Waals surface area contributed by atoms with Crippen molar-refractivity contribution in [2.75, 3.05) is 5.32 Å². The third-order valence-corrected chi connectivity index (χ3v) is 7.52. The van der Waals surface area contributed by atoms with E-state index >= 15 is 0 Å². The van der Waals surface area contributed by atoms with E-state index in [0.717, 1.165) is 41.4 Å². The van der Waals surface area contributed by atoms with Crippen LogP contribution in [-0.2, 0) is 11.3 Å². The van der Waals surface area contributed by atoms with E-state index in [1.165, 1.54) is 44.1 Å². The number of aryl methyl sites for hydroxylation is 1. The number of rotatable bonds is 5. The van der Waals surface area contributed by atoms with Crippen LogP contribution in [0.1, 0.15) is 61.9 Å². The van der Waals surface area contributed by atoms with E-state index in [1.807, 2.05) is 17.7 Å². The SMILES string of the molecule is Cc1nn(Cc2ccccc2)c(C)c1NC(=O)CC12CC3CC(CC(C3)C1)C2. The Morgan fingerprint density at radius 1 is 1.07 bits per heavy atom. The van der Waals surface area contributed by atoms with Crippen molar-refractivity contribution in [2.45, 2.75) is 65.3 Å². The molecule has 4 nitrogen and oxygen atoms in total. The predicted octanol–water partition coefficient (Wildman–Crippen LogP) is 5.09. The Hall–Kier alpha value is -2.10. The van der Waals surface area contributed by atoms with Gasteiger partial charge in [0.25, 0.3) is 0 Å². The summed E-state index contributed by atoms with van der Waals surface area (Å²) in [4.78, 5) is 13.0. The molecule has 1 N–H and O–H groups in total. The summed E-state index contributed by atoms with van der Waals surface area (Å²) in [5.74, 6) is 2.84. The lowest BCUT2D eigenvalue weighted by atomic mass is 9.49. The van der Waals surface area contributed by atoms with Crippen LogP contribution in [0.3, 0.4) is 0 Å². The molecule has 0 saturated heterocycles. The van der Waals surface area contributed by atoms with Gasteiger partial charge >= 0.3 is 0 Å². The van der Waals surface area contributed by atoms with E-state index < -0.39 is 0 Å². The van der Waals surface area contributed by atoms with Crippen LogP contribution in [0.25, 0.3) is 0 Å². The zero-order chi connectivity index (χ0) is 19.3. The Kier molecular flexibility index (Phi) is 4.33. The van der Waals surface area contributed by atoms with Gasteiger partial charge in [-0.05, 0) is 81.1 Å². The second kappa shape index (κ2) is 6.75. The van der Waals surface area contributed by atoms with E-state index in [2.05, 4.69) is 41.6 Å². The highest BCUT2D eigenvalue weighted by molar-refractivity contribution is 5.92. The second-order valence-corrected chi connectivity index (χ2v) is 9.83. The largest absolute Gasteiger partial charge is 0.323 e. The molecule has 28 heavy (non-hydrogen) atoms. The van der Waals surface area contributed by atoms with Gasteiger partial charge in [-0.1, -0.05) is 30.3 Å². The number of anilines is 1. The third-order valence-electron chi connectivity index (χ3n) is 7.52. The van der Waals surface area contributed by atoms with Gasteiger partial charge in [-0.15, -0.1) is 0 Å². The van der Waals surface area contributed by atoms with Crippen LogP contribution < -0.4 is 5.32 Å². The van der Waals surface area contributed by atoms with Crippen LogP contribution in [0.15, 0.2) is 30.3 Å². The molecule has 1 aromatic carbocycles. The fourth-order valence-corrected chi connectivity index (χ4v) is 6.82. The summed E-state index contributed by atoms with van der Waals surface area (Å²) in [5, 5.41) is 7.92. The first-order valence-electron chi connectivity index (χ1n) is 10.9. The molecule has 0 radical (unpaired) electrons. The molecule has 0 unspecified atom stereocenters. The first-order chi connectivity index (χ1) is 13.5. The Morgan fingerprint density at radius 3 is 2.29 bits per heavy atom. The molecule has 148 valence electrons. The first kappa shape index (κ1) is 18.0. The highest BCUT2D eigenvalue weighted by Gasteiger charge is 2.51. The quantitative estimate of drug-likeness (QED) is 0.788. The van der Waals surface area contributed by atoms with Crippen molar-refractivity contribution in [3.05, 3.63) is 47.3 Å². The highest BCUT2D eigenvalue weighted by atomic mass is 16.1. The van der Waals surface area contributed by atoms with Gasteiger partial charge in [0.2, 0.25) is 5.91 Å². The van der Waals surface area contributed by atoms with E-state index in [4.69, 9.17) is 0 Å². The topological polar surface area (TPSA) is 46.9 Å². The van der Waals surface area contributed by atoms with Crippen molar-refractivity contribution in [1.82, 2.24) is 9.78 Å². The molecule has 4 bridgehead atoms. The summed E-state index contributed by atoms with van der Waals surface area (Å²) in [5.41, 5.74) is 4.36. The van der Waals surface area contributed by atoms with E-state index in [9.17, 15) is 4.79 Å². The molecular weight excluding hydrogens is 346 g/mol. The molecular formula is C24H31N3O. The van der Waals surface area contributed by atoms with Gasteiger partial charge in [0.15, 0.2) is 0 Å². The maximum atomic E-state index is 13.0. The molecule has 0 spiro atoms. The lowest BCUT2D eigenvalue weighted by Gasteiger charge is -2.56. The minimum Gasteiger partial charge on any atom is -0.323 e. The van der Waals surface area contributed by atoms with Crippen LogP contribution >= 0.6 is 0 Å². The first-order valence-corrected chi connectivity index (χ1v) is 10.9. The number of benzene rings is 1. The molecule has 4 aliphatic rings. The van der Waals surface area contributed by atoms with E-state index in [0.29, 0.717) is 6.42 Å². The Balaban J connectivity index is 1.29. The summed E-state index contributed by atoms with van der Waals surface area (Å²) in [6, 6.07) is 10.4. The number of carbonyl (C=O) groups excluding carboxylic acids is 1. The van der Waals surface area contributed by atoms with Crippen LogP contribution in [0.4, 0.5) is 5.69 Å². The highest BCUT2D eigenvalue weighted by Crippen LogP contribution is 2.61. The summed E-state index contributed by atoms with van der Waals surface area (Å²) < 4.78 is 2.00. The van der Waals surface area contributed by atoms with Crippen LogP contribution in [0.2, 0.25) is 0 Å². The summed E-state index contributed by atoms with van der Waals surface area (Å²) in [6.45, 7) is 4.79. The standard InChI is InChI=1S/C24H31N3O/c1-16-23(17(2)27(26-16)15-18-6-4-3-5-7-18)25-22(28)14-24-11-19-8-20(12-24)10-21(9-19)13-24/h3-7,19-21H,8-15H2,1-2H3,(H,25,28). The van der Waals surface area contributed by atoms with Crippen molar-refractivity contribution in [3.63, 3.8) is 0 Å². The summed E-state index contributed by atoms with van der Waals surface area (Å²) >= 11 is 0. The average molecular weight is 378 g/mol. The van der Waals surface area contributed by atoms with Crippen LogP contribution in [0.5, 0.6) is 0 Å². The fourth-order valence-electron chi connectivity index (χ4n) is 6.82. The Labute approximate surface area is 167 Å². The van der Waals surface area contributed by atoms with Gasteiger partial charge in [-0.3, -0.25) is 9.48 Å². The maximum absolute atomic E-state index is 13.0. The van der Waals surface area contributed by atoms with Crippen LogP contribution in [0, 0.1) is 37.0 Å². The molecule has 4 heteroatoms. The molecule has 4 aliphatic carbocycles. The second-order valence-electron chi connectivity index (χ2n) is 9.83. The summed E-state index contributed by atoms with van der Waals surface area (Å²) in [7, 11) is 0. The predicted molar refractivity (Wildman–Crippen MR) is 111 cm³/mol. The Morgan fingerprint density at radius 2 is 1.68 bits per heavy atom. The van der Waals surface area contributed by atoms with E-state index in [1.54, 1.807) is 0 Å². The lowest BCUT2D eigenvalue weighted by molar-refractivity contribution is -0.124. The van der Waals surface area contributed by atoms with Crippen molar-refractivity contribution >= 4 is 11.6 Å². The Bertz CT molecular complexity index is 847. The van der Waals surface area contributed by atoms with Gasteiger partial charge in [-0.25, -0.2) is 0 Å². The zero-order valence-corrected chi connectivity index (χ0v) is 17.1. The number of nitrogens with zero attached hydrogens (tertiary/aromatic N) is 2. The third kappa shape index (κ3) is 3.27. The monoisotopic (exact) mass is 377 g/mol. The lowest BCUT2D eigenvalue weighted by Crippen LogP contribution is -2.47. The van der Waals surface area contributed by atoms with E-state index in [-0.39, 0.29) is 11.3 Å². The van der Waals surface area contributed by atoms with Crippen LogP contribution in [-0.4, -0.2) is 15.7 Å². The number of amides is 1. The number of hydrogen-bond donors (Lipinski definition) is 1. The molecule has 1 heterocycles. The van der Waals surface area contributed by atoms with Gasteiger partial charge < -0.3 is 5.32 Å².